The zero-order valence-corrected chi connectivity index (χ0v) is 11.8. The van der Waals surface area contributed by atoms with Crippen LogP contribution < -0.4 is 9.47 Å². The van der Waals surface area contributed by atoms with Crippen LogP contribution in [0.2, 0.25) is 0 Å². The minimum absolute atomic E-state index is 0.0813. The van der Waals surface area contributed by atoms with Crippen molar-refractivity contribution in [2.45, 2.75) is 26.5 Å². The van der Waals surface area contributed by atoms with Gasteiger partial charge in [-0.25, -0.2) is 0 Å². The Bertz CT molecular complexity index is 409. The Labute approximate surface area is 113 Å². The summed E-state index contributed by atoms with van der Waals surface area (Å²) < 4.78 is 10.7. The summed E-state index contributed by atoms with van der Waals surface area (Å²) in [6.45, 7) is 3.61. The summed E-state index contributed by atoms with van der Waals surface area (Å²) >= 11 is 0. The molecule has 0 saturated heterocycles. The van der Waals surface area contributed by atoms with Gasteiger partial charge in [0.05, 0.1) is 13.7 Å². The summed E-state index contributed by atoms with van der Waals surface area (Å²) in [5.41, 5.74) is 0.597. The van der Waals surface area contributed by atoms with Crippen LogP contribution in [0.4, 0.5) is 0 Å². The van der Waals surface area contributed by atoms with Gasteiger partial charge in [-0.1, -0.05) is 12.1 Å². The van der Waals surface area contributed by atoms with Gasteiger partial charge in [-0.3, -0.25) is 4.79 Å². The second-order valence-corrected chi connectivity index (χ2v) is 4.49. The smallest absolute Gasteiger partial charge is 0.260 e. The summed E-state index contributed by atoms with van der Waals surface area (Å²) in [4.78, 5) is 13.5. The van der Waals surface area contributed by atoms with Gasteiger partial charge < -0.3 is 19.5 Å². The molecule has 0 unspecified atom stereocenters. The molecule has 0 atom stereocenters. The Morgan fingerprint density at radius 3 is 2.63 bits per heavy atom. The van der Waals surface area contributed by atoms with E-state index in [9.17, 15) is 9.90 Å². The number of carbonyl (C=O) groups excluding carboxylic acids is 1. The number of rotatable bonds is 6. The molecule has 0 spiro atoms. The monoisotopic (exact) mass is 267 g/mol. The molecule has 1 rings (SSSR count). The van der Waals surface area contributed by atoms with Gasteiger partial charge in [-0.15, -0.1) is 0 Å². The van der Waals surface area contributed by atoms with Crippen molar-refractivity contribution >= 4 is 5.91 Å². The average molecular weight is 267 g/mol. The van der Waals surface area contributed by atoms with Gasteiger partial charge in [0.25, 0.3) is 5.91 Å². The van der Waals surface area contributed by atoms with E-state index in [0.717, 1.165) is 0 Å². The minimum atomic E-state index is -0.166. The molecular formula is C14H21NO4. The summed E-state index contributed by atoms with van der Waals surface area (Å²) in [5.74, 6) is 0.800. The van der Waals surface area contributed by atoms with Crippen molar-refractivity contribution in [2.24, 2.45) is 0 Å². The number of carbonyl (C=O) groups is 1. The zero-order chi connectivity index (χ0) is 14.4. The van der Waals surface area contributed by atoms with Crippen LogP contribution in [0.25, 0.3) is 0 Å². The molecule has 0 aliphatic rings. The summed E-state index contributed by atoms with van der Waals surface area (Å²) in [5, 5.41) is 9.27. The lowest BCUT2D eigenvalue weighted by molar-refractivity contribution is -0.133. The fraction of sp³-hybridized carbons (Fsp3) is 0.500. The van der Waals surface area contributed by atoms with Crippen molar-refractivity contribution in [3.63, 3.8) is 0 Å². The fourth-order valence-electron chi connectivity index (χ4n) is 1.53. The molecule has 0 aliphatic carbocycles. The van der Waals surface area contributed by atoms with Gasteiger partial charge in [-0.2, -0.15) is 0 Å². The maximum absolute atomic E-state index is 11.9. The van der Waals surface area contributed by atoms with E-state index in [4.69, 9.17) is 9.47 Å². The number of para-hydroxylation sites is 1. The molecule has 1 aromatic carbocycles. The first-order chi connectivity index (χ1) is 9.01. The Balaban J connectivity index is 2.79. The Morgan fingerprint density at radius 1 is 1.42 bits per heavy atom. The maximum atomic E-state index is 11.9. The predicted octanol–water partition coefficient (Wildman–Crippen LogP) is 1.43. The van der Waals surface area contributed by atoms with Gasteiger partial charge in [0.1, 0.15) is 0 Å². The van der Waals surface area contributed by atoms with Crippen molar-refractivity contribution in [1.29, 1.82) is 0 Å². The number of methoxy groups -OCH3 is 1. The normalized spacial score (nSPS) is 10.4. The van der Waals surface area contributed by atoms with Gasteiger partial charge >= 0.3 is 0 Å². The van der Waals surface area contributed by atoms with E-state index in [-0.39, 0.29) is 25.2 Å². The molecule has 0 aromatic heterocycles. The standard InChI is InChI=1S/C14H21NO4/c1-10(2)15(3)13(17)9-19-14-11(8-16)6-5-7-12(14)18-4/h5-7,10,16H,8-9H2,1-4H3. The second kappa shape index (κ2) is 6.99. The second-order valence-electron chi connectivity index (χ2n) is 4.49. The lowest BCUT2D eigenvalue weighted by Gasteiger charge is -2.22. The number of likely N-dealkylation sites (N-methyl/N-ethyl adjacent to an activating group) is 1. The lowest BCUT2D eigenvalue weighted by atomic mass is 10.2. The van der Waals surface area contributed by atoms with E-state index < -0.39 is 0 Å². The number of amides is 1. The predicted molar refractivity (Wildman–Crippen MR) is 72.3 cm³/mol. The summed E-state index contributed by atoms with van der Waals surface area (Å²) in [6.07, 6.45) is 0. The summed E-state index contributed by atoms with van der Waals surface area (Å²) in [6, 6.07) is 5.34. The van der Waals surface area contributed by atoms with E-state index in [1.807, 2.05) is 13.8 Å². The fourth-order valence-corrected chi connectivity index (χ4v) is 1.53. The molecule has 106 valence electrons. The van der Waals surface area contributed by atoms with E-state index >= 15 is 0 Å². The molecule has 0 fully saturated rings. The van der Waals surface area contributed by atoms with Crippen LogP contribution in [0, 0.1) is 0 Å². The zero-order valence-electron chi connectivity index (χ0n) is 11.8. The quantitative estimate of drug-likeness (QED) is 0.847. The number of ether oxygens (including phenoxy) is 2. The molecule has 19 heavy (non-hydrogen) atoms. The van der Waals surface area contributed by atoms with Crippen molar-refractivity contribution < 1.29 is 19.4 Å². The number of nitrogens with zero attached hydrogens (tertiary/aromatic N) is 1. The van der Waals surface area contributed by atoms with Gasteiger partial charge in [-0.05, 0) is 19.9 Å². The molecular weight excluding hydrogens is 246 g/mol. The van der Waals surface area contributed by atoms with Crippen molar-refractivity contribution in [3.05, 3.63) is 23.8 Å². The minimum Gasteiger partial charge on any atom is -0.493 e. The van der Waals surface area contributed by atoms with Gasteiger partial charge in [0, 0.05) is 18.7 Å². The first-order valence-electron chi connectivity index (χ1n) is 6.16. The van der Waals surface area contributed by atoms with Crippen LogP contribution in [0.15, 0.2) is 18.2 Å². The molecule has 0 bridgehead atoms. The molecule has 0 aliphatic heterocycles. The number of benzene rings is 1. The highest BCUT2D eigenvalue weighted by Gasteiger charge is 2.15. The molecule has 1 aromatic rings. The number of aliphatic hydroxyl groups excluding tert-OH is 1. The van der Waals surface area contributed by atoms with Crippen molar-refractivity contribution in [1.82, 2.24) is 4.90 Å². The van der Waals surface area contributed by atoms with Crippen LogP contribution in [0.3, 0.4) is 0 Å². The molecule has 5 heteroatoms. The molecule has 0 saturated carbocycles. The highest BCUT2D eigenvalue weighted by Crippen LogP contribution is 2.31. The van der Waals surface area contributed by atoms with E-state index in [1.165, 1.54) is 7.11 Å². The molecule has 5 nitrogen and oxygen atoms in total. The number of aliphatic hydroxyl groups is 1. The van der Waals surface area contributed by atoms with Crippen LogP contribution in [0.5, 0.6) is 11.5 Å². The first-order valence-corrected chi connectivity index (χ1v) is 6.16. The van der Waals surface area contributed by atoms with Crippen molar-refractivity contribution in [3.8, 4) is 11.5 Å². The van der Waals surface area contributed by atoms with E-state index in [2.05, 4.69) is 0 Å². The Hall–Kier alpha value is -1.75. The van der Waals surface area contributed by atoms with Crippen LogP contribution >= 0.6 is 0 Å². The Morgan fingerprint density at radius 2 is 2.11 bits per heavy atom. The first kappa shape index (κ1) is 15.3. The highest BCUT2D eigenvalue weighted by atomic mass is 16.5. The third-order valence-corrected chi connectivity index (χ3v) is 2.96. The topological polar surface area (TPSA) is 59.0 Å². The average Bonchev–Trinajstić information content (AvgIpc) is 2.42. The van der Waals surface area contributed by atoms with Crippen LogP contribution in [-0.2, 0) is 11.4 Å². The van der Waals surface area contributed by atoms with Crippen LogP contribution in [0.1, 0.15) is 19.4 Å². The summed E-state index contributed by atoms with van der Waals surface area (Å²) in [7, 11) is 3.25. The SMILES string of the molecule is COc1cccc(CO)c1OCC(=O)N(C)C(C)C. The third kappa shape index (κ3) is 3.86. The largest absolute Gasteiger partial charge is 0.493 e. The van der Waals surface area contributed by atoms with E-state index in [0.29, 0.717) is 17.1 Å². The highest BCUT2D eigenvalue weighted by molar-refractivity contribution is 5.77. The van der Waals surface area contributed by atoms with E-state index in [1.54, 1.807) is 30.1 Å². The molecule has 0 radical (unpaired) electrons. The van der Waals surface area contributed by atoms with Gasteiger partial charge in [0.15, 0.2) is 18.1 Å². The van der Waals surface area contributed by atoms with Crippen molar-refractivity contribution in [2.75, 3.05) is 20.8 Å². The molecule has 0 heterocycles. The van der Waals surface area contributed by atoms with Gasteiger partial charge in [0.2, 0.25) is 0 Å². The molecule has 1 amide bonds. The Kier molecular flexibility index (Phi) is 5.63. The number of hydrogen-bond donors (Lipinski definition) is 1. The molecule has 1 N–H and O–H groups in total. The number of hydrogen-bond acceptors (Lipinski definition) is 4. The third-order valence-electron chi connectivity index (χ3n) is 2.96. The maximum Gasteiger partial charge on any atom is 0.260 e. The van der Waals surface area contributed by atoms with Crippen LogP contribution in [-0.4, -0.2) is 42.7 Å². The lowest BCUT2D eigenvalue weighted by Crippen LogP contribution is -2.36.